The highest BCUT2D eigenvalue weighted by molar-refractivity contribution is 6.01. The zero-order valence-electron chi connectivity index (χ0n) is 13.2. The quantitative estimate of drug-likeness (QED) is 0.648. The fourth-order valence-electron chi connectivity index (χ4n) is 2.17. The molecule has 2 rings (SSSR count). The molecule has 0 spiro atoms. The van der Waals surface area contributed by atoms with Gasteiger partial charge in [-0.05, 0) is 13.0 Å². The number of aromatic hydroxyl groups is 1. The zero-order chi connectivity index (χ0) is 17.5. The number of esters is 1. The van der Waals surface area contributed by atoms with Crippen molar-refractivity contribution in [3.8, 4) is 23.1 Å². The lowest BCUT2D eigenvalue weighted by atomic mass is 10.0. The number of ketones is 1. The molecule has 0 bridgehead atoms. The van der Waals surface area contributed by atoms with Crippen molar-refractivity contribution < 1.29 is 19.4 Å². The fourth-order valence-corrected chi connectivity index (χ4v) is 2.17. The Morgan fingerprint density at radius 1 is 1.25 bits per heavy atom. The van der Waals surface area contributed by atoms with Crippen LogP contribution in [0.5, 0.6) is 5.75 Å². The highest BCUT2D eigenvalue weighted by Crippen LogP contribution is 2.28. The number of aromatic nitrogens is 1. The summed E-state index contributed by atoms with van der Waals surface area (Å²) in [5.74, 6) is -1.40. The minimum absolute atomic E-state index is 0.0234. The lowest BCUT2D eigenvalue weighted by Crippen LogP contribution is -2.09. The van der Waals surface area contributed by atoms with Gasteiger partial charge in [0.15, 0.2) is 17.2 Å². The first-order valence-electron chi connectivity index (χ1n) is 7.45. The molecule has 122 valence electrons. The number of nitrogens with zero attached hydrogens (tertiary/aromatic N) is 2. The number of benzene rings is 1. The minimum Gasteiger partial charge on any atom is -0.504 e. The van der Waals surface area contributed by atoms with Gasteiger partial charge >= 0.3 is 5.97 Å². The lowest BCUT2D eigenvalue weighted by molar-refractivity contribution is -0.143. The Hall–Kier alpha value is -3.20. The number of hydrogen-bond acceptors (Lipinski definition) is 6. The van der Waals surface area contributed by atoms with E-state index in [4.69, 9.17) is 10.00 Å². The molecular formula is C18H16N2O4. The van der Waals surface area contributed by atoms with Gasteiger partial charge < -0.3 is 9.84 Å². The molecule has 0 unspecified atom stereocenters. The van der Waals surface area contributed by atoms with E-state index in [-0.39, 0.29) is 30.7 Å². The number of pyridine rings is 1. The Kier molecular flexibility index (Phi) is 5.63. The normalized spacial score (nSPS) is 10.0. The fraction of sp³-hybridized carbons (Fsp3) is 0.222. The van der Waals surface area contributed by atoms with Gasteiger partial charge in [0.05, 0.1) is 24.3 Å². The second kappa shape index (κ2) is 7.88. The summed E-state index contributed by atoms with van der Waals surface area (Å²) in [6.07, 6.45) is -0.202. The highest BCUT2D eigenvalue weighted by atomic mass is 16.5. The predicted octanol–water partition coefficient (Wildman–Crippen LogP) is 2.85. The van der Waals surface area contributed by atoms with E-state index in [0.717, 1.165) is 0 Å². The average Bonchev–Trinajstić information content (AvgIpc) is 2.61. The Morgan fingerprint density at radius 3 is 2.58 bits per heavy atom. The molecule has 0 saturated heterocycles. The van der Waals surface area contributed by atoms with Crippen LogP contribution in [0.1, 0.15) is 35.8 Å². The molecule has 1 aromatic carbocycles. The Balaban J connectivity index is 2.33. The molecule has 0 aliphatic carbocycles. The van der Waals surface area contributed by atoms with Crippen molar-refractivity contribution in [1.82, 2.24) is 4.98 Å². The predicted molar refractivity (Wildman–Crippen MR) is 86.3 cm³/mol. The van der Waals surface area contributed by atoms with Gasteiger partial charge in [-0.3, -0.25) is 9.59 Å². The molecule has 0 saturated carbocycles. The number of Topliss-reactive ketones (excluding diaryl/α,β-unsaturated/α-hetero) is 1. The summed E-state index contributed by atoms with van der Waals surface area (Å²) >= 11 is 0. The molecule has 1 N–H and O–H groups in total. The summed E-state index contributed by atoms with van der Waals surface area (Å²) in [6, 6.07) is 12.2. The van der Waals surface area contributed by atoms with Crippen LogP contribution >= 0.6 is 0 Å². The van der Waals surface area contributed by atoms with E-state index in [1.165, 1.54) is 6.07 Å². The van der Waals surface area contributed by atoms with Crippen molar-refractivity contribution in [2.45, 2.75) is 19.8 Å². The lowest BCUT2D eigenvalue weighted by Gasteiger charge is -2.08. The topological polar surface area (TPSA) is 100 Å². The van der Waals surface area contributed by atoms with Gasteiger partial charge in [-0.15, -0.1) is 0 Å². The molecule has 24 heavy (non-hydrogen) atoms. The Labute approximate surface area is 139 Å². The Morgan fingerprint density at radius 2 is 1.96 bits per heavy atom. The molecule has 0 amide bonds. The van der Waals surface area contributed by atoms with Crippen molar-refractivity contribution in [3.05, 3.63) is 47.7 Å². The number of rotatable bonds is 6. The highest BCUT2D eigenvalue weighted by Gasteiger charge is 2.19. The van der Waals surface area contributed by atoms with Crippen LogP contribution in [0.3, 0.4) is 0 Å². The van der Waals surface area contributed by atoms with Gasteiger partial charge in [-0.1, -0.05) is 30.3 Å². The monoisotopic (exact) mass is 324 g/mol. The van der Waals surface area contributed by atoms with Gasteiger partial charge in [-0.2, -0.15) is 5.26 Å². The van der Waals surface area contributed by atoms with E-state index < -0.39 is 17.5 Å². The summed E-state index contributed by atoms with van der Waals surface area (Å²) in [7, 11) is 0. The molecule has 0 aliphatic heterocycles. The first kappa shape index (κ1) is 17.2. The van der Waals surface area contributed by atoms with Crippen LogP contribution in [0.15, 0.2) is 36.4 Å². The van der Waals surface area contributed by atoms with E-state index in [1.54, 1.807) is 37.3 Å². The van der Waals surface area contributed by atoms with E-state index in [2.05, 4.69) is 4.98 Å². The number of ether oxygens (including phenoxy) is 1. The molecule has 1 heterocycles. The summed E-state index contributed by atoms with van der Waals surface area (Å²) < 4.78 is 4.78. The van der Waals surface area contributed by atoms with Crippen molar-refractivity contribution in [2.75, 3.05) is 6.61 Å². The zero-order valence-corrected chi connectivity index (χ0v) is 13.2. The van der Waals surface area contributed by atoms with E-state index in [0.29, 0.717) is 11.3 Å². The molecule has 2 aromatic rings. The molecule has 0 atom stereocenters. The molecule has 6 heteroatoms. The summed E-state index contributed by atoms with van der Waals surface area (Å²) in [6.45, 7) is 1.92. The van der Waals surface area contributed by atoms with Crippen molar-refractivity contribution >= 4 is 11.8 Å². The van der Waals surface area contributed by atoms with Crippen LogP contribution in [-0.2, 0) is 9.53 Å². The number of nitriles is 1. The maximum atomic E-state index is 12.3. The molecule has 6 nitrogen and oxygen atoms in total. The number of carbonyl (C=O) groups excluding carboxylic acids is 2. The SMILES string of the molecule is CCOC(=O)CCC(=O)c1cc(-c2ccccc2)nc(C#N)c1O. The summed E-state index contributed by atoms with van der Waals surface area (Å²) in [4.78, 5) is 27.8. The first-order chi connectivity index (χ1) is 11.6. The summed E-state index contributed by atoms with van der Waals surface area (Å²) in [5.41, 5.74) is 0.874. The third-order valence-corrected chi connectivity index (χ3v) is 3.33. The number of hydrogen-bond donors (Lipinski definition) is 1. The van der Waals surface area contributed by atoms with Crippen molar-refractivity contribution in [2.24, 2.45) is 0 Å². The van der Waals surface area contributed by atoms with E-state index in [9.17, 15) is 14.7 Å². The van der Waals surface area contributed by atoms with Crippen LogP contribution in [0.4, 0.5) is 0 Å². The molecule has 0 aliphatic rings. The average molecular weight is 324 g/mol. The van der Waals surface area contributed by atoms with Crippen LogP contribution in [0.25, 0.3) is 11.3 Å². The minimum atomic E-state index is -0.483. The van der Waals surface area contributed by atoms with E-state index in [1.807, 2.05) is 6.07 Å². The smallest absolute Gasteiger partial charge is 0.306 e. The number of carbonyl (C=O) groups is 2. The second-order valence-electron chi connectivity index (χ2n) is 4.96. The maximum absolute atomic E-state index is 12.3. The van der Waals surface area contributed by atoms with Gasteiger partial charge in [-0.25, -0.2) is 4.98 Å². The maximum Gasteiger partial charge on any atom is 0.306 e. The van der Waals surface area contributed by atoms with Crippen molar-refractivity contribution in [3.63, 3.8) is 0 Å². The molecule has 0 radical (unpaired) electrons. The largest absolute Gasteiger partial charge is 0.504 e. The molecule has 0 fully saturated rings. The molecule has 1 aromatic heterocycles. The molecular weight excluding hydrogens is 308 g/mol. The van der Waals surface area contributed by atoms with Crippen LogP contribution < -0.4 is 0 Å². The third kappa shape index (κ3) is 3.96. The van der Waals surface area contributed by atoms with Crippen molar-refractivity contribution in [1.29, 1.82) is 5.26 Å². The van der Waals surface area contributed by atoms with Gasteiger partial charge in [0.1, 0.15) is 6.07 Å². The van der Waals surface area contributed by atoms with Crippen LogP contribution in [-0.4, -0.2) is 28.4 Å². The second-order valence-corrected chi connectivity index (χ2v) is 4.96. The Bertz CT molecular complexity index is 795. The van der Waals surface area contributed by atoms with Crippen LogP contribution in [0, 0.1) is 11.3 Å². The van der Waals surface area contributed by atoms with Gasteiger partial charge in [0.2, 0.25) is 0 Å². The first-order valence-corrected chi connectivity index (χ1v) is 7.45. The van der Waals surface area contributed by atoms with Crippen LogP contribution in [0.2, 0.25) is 0 Å². The summed E-state index contributed by atoms with van der Waals surface area (Å²) in [5, 5.41) is 19.2. The third-order valence-electron chi connectivity index (χ3n) is 3.33. The van der Waals surface area contributed by atoms with Gasteiger partial charge in [0.25, 0.3) is 0 Å². The van der Waals surface area contributed by atoms with Gasteiger partial charge in [0, 0.05) is 12.0 Å². The standard InChI is InChI=1S/C18H16N2O4/c1-2-24-17(22)9-8-16(21)13-10-14(12-6-4-3-5-7-12)20-15(11-19)18(13)23/h3-7,10,23H,2,8-9H2,1H3. The van der Waals surface area contributed by atoms with E-state index >= 15 is 0 Å².